The van der Waals surface area contributed by atoms with Gasteiger partial charge in [-0.3, -0.25) is 14.6 Å². The van der Waals surface area contributed by atoms with Gasteiger partial charge in [0.15, 0.2) is 5.17 Å². The minimum Gasteiger partial charge on any atom is -0.344 e. The zero-order valence-corrected chi connectivity index (χ0v) is 15.8. The van der Waals surface area contributed by atoms with Crippen molar-refractivity contribution >= 4 is 39.5 Å². The highest BCUT2D eigenvalue weighted by molar-refractivity contribution is 8.14. The van der Waals surface area contributed by atoms with Crippen LogP contribution in [-0.4, -0.2) is 35.3 Å². The molecule has 0 radical (unpaired) electrons. The number of hydrogen-bond acceptors (Lipinski definition) is 4. The van der Waals surface area contributed by atoms with Crippen molar-refractivity contribution in [2.45, 2.75) is 26.3 Å². The van der Waals surface area contributed by atoms with E-state index in [0.29, 0.717) is 5.17 Å². The van der Waals surface area contributed by atoms with Crippen LogP contribution in [0.4, 0.5) is 0 Å². The van der Waals surface area contributed by atoms with Gasteiger partial charge in [-0.2, -0.15) is 0 Å². The number of amidine groups is 1. The first-order chi connectivity index (χ1) is 12.5. The third-order valence-corrected chi connectivity index (χ3v) is 5.15. The van der Waals surface area contributed by atoms with Crippen molar-refractivity contribution in [3.63, 3.8) is 0 Å². The maximum atomic E-state index is 12.5. The Bertz CT molecular complexity index is 848. The van der Waals surface area contributed by atoms with Gasteiger partial charge in [0, 0.05) is 5.75 Å². The Morgan fingerprint density at radius 2 is 1.92 bits per heavy atom. The number of nitrogens with zero attached hydrogens (tertiary/aromatic N) is 1. The van der Waals surface area contributed by atoms with Gasteiger partial charge in [0.2, 0.25) is 11.8 Å². The topological polar surface area (TPSA) is 70.6 Å². The van der Waals surface area contributed by atoms with Crippen molar-refractivity contribution in [2.24, 2.45) is 10.9 Å². The van der Waals surface area contributed by atoms with Gasteiger partial charge >= 0.3 is 0 Å². The Hall–Kier alpha value is -2.34. The number of nitrogens with one attached hydrogen (secondary N) is 2. The molecule has 5 nitrogen and oxygen atoms in total. The molecule has 1 heterocycles. The van der Waals surface area contributed by atoms with Crippen LogP contribution in [0.1, 0.15) is 19.4 Å². The Morgan fingerprint density at radius 1 is 1.15 bits per heavy atom. The molecule has 0 saturated heterocycles. The fraction of sp³-hybridized carbons (Fsp3) is 0.350. The lowest BCUT2D eigenvalue weighted by Gasteiger charge is -2.21. The van der Waals surface area contributed by atoms with Gasteiger partial charge in [0.05, 0.1) is 13.0 Å². The highest BCUT2D eigenvalue weighted by Gasteiger charge is 2.25. The predicted molar refractivity (Wildman–Crippen MR) is 107 cm³/mol. The summed E-state index contributed by atoms with van der Waals surface area (Å²) in [7, 11) is 0. The van der Waals surface area contributed by atoms with Crippen LogP contribution in [0.25, 0.3) is 10.8 Å². The summed E-state index contributed by atoms with van der Waals surface area (Å²) >= 11 is 1.53. The lowest BCUT2D eigenvalue weighted by molar-refractivity contribution is -0.128. The summed E-state index contributed by atoms with van der Waals surface area (Å²) in [6.45, 7) is 4.56. The summed E-state index contributed by atoms with van der Waals surface area (Å²) in [4.78, 5) is 29.2. The highest BCUT2D eigenvalue weighted by Crippen LogP contribution is 2.16. The number of rotatable bonds is 5. The fourth-order valence-electron chi connectivity index (χ4n) is 2.89. The molecule has 2 amide bonds. The zero-order valence-electron chi connectivity index (χ0n) is 15.0. The summed E-state index contributed by atoms with van der Waals surface area (Å²) in [5, 5.41) is 8.58. The van der Waals surface area contributed by atoms with E-state index >= 15 is 0 Å². The summed E-state index contributed by atoms with van der Waals surface area (Å²) in [5.74, 6) is 0.508. The van der Waals surface area contributed by atoms with Crippen molar-refractivity contribution < 1.29 is 9.59 Å². The van der Waals surface area contributed by atoms with Gasteiger partial charge in [-0.05, 0) is 22.3 Å². The molecule has 0 bridgehead atoms. The van der Waals surface area contributed by atoms with Crippen LogP contribution < -0.4 is 10.6 Å². The molecule has 0 saturated carbocycles. The van der Waals surface area contributed by atoms with Crippen molar-refractivity contribution in [3.8, 4) is 0 Å². The largest absolute Gasteiger partial charge is 0.344 e. The third-order valence-electron chi connectivity index (χ3n) is 4.26. The molecule has 136 valence electrons. The van der Waals surface area contributed by atoms with E-state index in [1.54, 1.807) is 0 Å². The van der Waals surface area contributed by atoms with Crippen LogP contribution in [-0.2, 0) is 16.0 Å². The van der Waals surface area contributed by atoms with E-state index in [2.05, 4.69) is 15.6 Å². The number of benzene rings is 2. The van der Waals surface area contributed by atoms with Crippen LogP contribution >= 0.6 is 11.8 Å². The number of carbonyl (C=O) groups is 2. The Labute approximate surface area is 157 Å². The van der Waals surface area contributed by atoms with E-state index in [9.17, 15) is 9.59 Å². The minimum absolute atomic E-state index is 0.0115. The van der Waals surface area contributed by atoms with Gasteiger partial charge in [0.1, 0.15) is 6.04 Å². The number of fused-ring (bicyclic) bond motifs is 1. The number of carbonyl (C=O) groups excluding carboxylic acids is 2. The zero-order chi connectivity index (χ0) is 18.5. The normalized spacial score (nSPS) is 15.0. The number of hydrogen-bond donors (Lipinski definition) is 2. The monoisotopic (exact) mass is 369 g/mol. The second-order valence-corrected chi connectivity index (χ2v) is 7.76. The molecule has 2 aromatic rings. The molecule has 26 heavy (non-hydrogen) atoms. The van der Waals surface area contributed by atoms with Crippen molar-refractivity contribution in [3.05, 3.63) is 48.0 Å². The van der Waals surface area contributed by atoms with E-state index in [1.165, 1.54) is 11.8 Å². The first-order valence-corrected chi connectivity index (χ1v) is 9.76. The van der Waals surface area contributed by atoms with Crippen LogP contribution in [0, 0.1) is 5.92 Å². The first-order valence-electron chi connectivity index (χ1n) is 8.78. The lowest BCUT2D eigenvalue weighted by atomic mass is 10.0. The fourth-order valence-corrected chi connectivity index (χ4v) is 3.62. The number of amides is 2. The maximum Gasteiger partial charge on any atom is 0.248 e. The maximum absolute atomic E-state index is 12.5. The Morgan fingerprint density at radius 3 is 2.62 bits per heavy atom. The van der Waals surface area contributed by atoms with Crippen LogP contribution in [0.5, 0.6) is 0 Å². The highest BCUT2D eigenvalue weighted by atomic mass is 32.2. The summed E-state index contributed by atoms with van der Waals surface area (Å²) in [6, 6.07) is 13.5. The van der Waals surface area contributed by atoms with E-state index in [-0.39, 0.29) is 24.2 Å². The smallest absolute Gasteiger partial charge is 0.248 e. The molecule has 1 unspecified atom stereocenters. The third kappa shape index (κ3) is 4.64. The average Bonchev–Trinajstić information content (AvgIpc) is 3.12. The molecule has 1 aliphatic rings. The second-order valence-electron chi connectivity index (χ2n) is 6.67. The van der Waals surface area contributed by atoms with Gasteiger partial charge in [0.25, 0.3) is 0 Å². The molecule has 1 aliphatic heterocycles. The summed E-state index contributed by atoms with van der Waals surface area (Å²) in [5.41, 5.74) is 0.930. The molecule has 2 aromatic carbocycles. The van der Waals surface area contributed by atoms with E-state index < -0.39 is 6.04 Å². The average molecular weight is 369 g/mol. The molecule has 1 atom stereocenters. The van der Waals surface area contributed by atoms with Gasteiger partial charge in [-0.1, -0.05) is 68.1 Å². The van der Waals surface area contributed by atoms with E-state index in [0.717, 1.165) is 28.6 Å². The molecule has 6 heteroatoms. The quantitative estimate of drug-likeness (QED) is 0.851. The standard InChI is InChI=1S/C20H23N3O2S/c1-13(2)18(19(25)23-20-21-9-10-26-20)22-17(24)12-14-7-8-15-5-3-4-6-16(15)11-14/h3-8,11,13,18H,9-10,12H2,1-2H3,(H,22,24)(H,21,23,25). The Kier molecular flexibility index (Phi) is 5.93. The molecule has 0 aromatic heterocycles. The van der Waals surface area contributed by atoms with Crippen LogP contribution in [0.15, 0.2) is 47.5 Å². The van der Waals surface area contributed by atoms with Crippen LogP contribution in [0.3, 0.4) is 0 Å². The Balaban J connectivity index is 1.64. The predicted octanol–water partition coefficient (Wildman–Crippen LogP) is 2.74. The summed E-state index contributed by atoms with van der Waals surface area (Å²) < 4.78 is 0. The molecular formula is C20H23N3O2S. The lowest BCUT2D eigenvalue weighted by Crippen LogP contribution is -2.50. The van der Waals surface area contributed by atoms with Gasteiger partial charge in [-0.25, -0.2) is 0 Å². The molecule has 0 fully saturated rings. The van der Waals surface area contributed by atoms with Gasteiger partial charge in [-0.15, -0.1) is 0 Å². The van der Waals surface area contributed by atoms with Gasteiger partial charge < -0.3 is 10.6 Å². The van der Waals surface area contributed by atoms with E-state index in [1.807, 2.05) is 56.3 Å². The first kappa shape index (κ1) is 18.5. The number of aliphatic imine (C=N–C) groups is 1. The SMILES string of the molecule is CC(C)C(NC(=O)Cc1ccc2ccccc2c1)C(=O)NC1=NCCS1. The summed E-state index contributed by atoms with van der Waals surface area (Å²) in [6.07, 6.45) is 0.247. The van der Waals surface area contributed by atoms with E-state index in [4.69, 9.17) is 0 Å². The van der Waals surface area contributed by atoms with Crippen molar-refractivity contribution in [1.29, 1.82) is 0 Å². The van der Waals surface area contributed by atoms with Crippen molar-refractivity contribution in [2.75, 3.05) is 12.3 Å². The molecule has 2 N–H and O–H groups in total. The molecular weight excluding hydrogens is 346 g/mol. The molecule has 0 spiro atoms. The molecule has 3 rings (SSSR count). The molecule has 0 aliphatic carbocycles. The minimum atomic E-state index is -0.577. The van der Waals surface area contributed by atoms with Crippen molar-refractivity contribution in [1.82, 2.24) is 10.6 Å². The number of thioether (sulfide) groups is 1. The second kappa shape index (κ2) is 8.36. The van der Waals surface area contributed by atoms with Crippen LogP contribution in [0.2, 0.25) is 0 Å².